The number of nitrogens with one attached hydrogen (secondary N) is 1. The molecule has 0 spiro atoms. The van der Waals surface area contributed by atoms with E-state index in [9.17, 15) is 9.59 Å². The Hall–Kier alpha value is -1.58. The fraction of sp³-hybridized carbons (Fsp3) is 0. The predicted molar refractivity (Wildman–Crippen MR) is 39.8 cm³/mol. The van der Waals surface area contributed by atoms with E-state index in [0.717, 1.165) is 0 Å². The number of aromatic nitrogens is 1. The molecule has 0 aliphatic rings. The highest BCUT2D eigenvalue weighted by Gasteiger charge is 1.97. The van der Waals surface area contributed by atoms with Gasteiger partial charge in [-0.1, -0.05) is 6.07 Å². The van der Waals surface area contributed by atoms with E-state index in [1.165, 1.54) is 18.2 Å². The van der Waals surface area contributed by atoms with Gasteiger partial charge in [0.15, 0.2) is 0 Å². The molecule has 10 heavy (non-hydrogen) atoms. The highest BCUT2D eigenvalue weighted by molar-refractivity contribution is 5.90. The summed E-state index contributed by atoms with van der Waals surface area (Å²) in [7, 11) is 0. The zero-order valence-electron chi connectivity index (χ0n) is 5.13. The van der Waals surface area contributed by atoms with Gasteiger partial charge in [0.05, 0.1) is 0 Å². The summed E-state index contributed by atoms with van der Waals surface area (Å²) in [5, 5.41) is 0. The number of pyridine rings is 1. The average Bonchev–Trinajstić information content (AvgIpc) is 1.88. The zero-order valence-corrected chi connectivity index (χ0v) is 5.13. The molecule has 0 atom stereocenters. The van der Waals surface area contributed by atoms with Crippen LogP contribution in [0.2, 0.25) is 0 Å². The monoisotopic (exact) mass is 142 g/mol. The minimum atomic E-state index is -0.627. The van der Waals surface area contributed by atoms with Crippen molar-refractivity contribution in [3.05, 3.63) is 34.2 Å². The molecule has 0 aromatic carbocycles. The summed E-state index contributed by atoms with van der Waals surface area (Å²) in [4.78, 5) is 23.2. The average molecular weight is 142 g/mol. The van der Waals surface area contributed by atoms with Gasteiger partial charge in [-0.2, -0.15) is 0 Å². The van der Waals surface area contributed by atoms with Crippen molar-refractivity contribution in [1.29, 1.82) is 0 Å². The Kier molecular flexibility index (Phi) is 1.53. The number of hydrogen-bond acceptors (Lipinski definition) is 2. The molecule has 1 aromatic rings. The number of hydrogen-bond donors (Lipinski definition) is 2. The lowest BCUT2D eigenvalue weighted by Gasteiger charge is -1.90. The molecule has 0 bridgehead atoms. The highest BCUT2D eigenvalue weighted by atomic mass is 16.1. The number of rotatable bonds is 1. The normalized spacial score (nSPS) is 9.20. The second kappa shape index (κ2) is 2.34. The largest absolute Gasteiger partial charge is 0.364 e. The van der Waals surface area contributed by atoms with E-state index in [4.69, 9.17) is 5.73 Å². The van der Waals surface area contributed by atoms with Crippen LogP contribution in [0.25, 0.3) is 0 Å². The highest BCUT2D eigenvalue weighted by Crippen LogP contribution is 1.85. The number of carbonyl (C=O) groups excluding carboxylic acids is 1. The van der Waals surface area contributed by atoms with Crippen molar-refractivity contribution in [3.63, 3.8) is 0 Å². The topological polar surface area (TPSA) is 76.0 Å². The second-order valence-corrected chi connectivity index (χ2v) is 1.79. The fourth-order valence-electron chi connectivity index (χ4n) is 0.592. The summed E-state index contributed by atoms with van der Waals surface area (Å²) in [5.41, 5.74) is 4.68. The molecule has 3 N–H and O–H groups in total. The van der Waals surface area contributed by atoms with Crippen molar-refractivity contribution in [1.82, 2.24) is 4.98 Å². The van der Waals surface area contributed by atoms with Gasteiger partial charge in [0, 0.05) is 8.92 Å². The van der Waals surface area contributed by atoms with Gasteiger partial charge in [-0.3, -0.25) is 9.59 Å². The summed E-state index contributed by atoms with van der Waals surface area (Å²) in [6.45, 7) is 0. The van der Waals surface area contributed by atoms with Crippen LogP contribution in [-0.2, 0) is 0 Å². The Morgan fingerprint density at radius 1 is 1.60 bits per heavy atom. The van der Waals surface area contributed by atoms with E-state index >= 15 is 0 Å². The molecule has 4 heteroatoms. The third-order valence-corrected chi connectivity index (χ3v) is 1.03. The van der Waals surface area contributed by atoms with Gasteiger partial charge in [-0.25, -0.2) is 0 Å². The van der Waals surface area contributed by atoms with Gasteiger partial charge in [-0.15, -0.1) is 0 Å². The van der Waals surface area contributed by atoms with Gasteiger partial charge >= 0.3 is 0 Å². The first kappa shape index (κ1) is 6.54. The van der Waals surface area contributed by atoms with E-state index in [1.807, 2.05) is 0 Å². The molecule has 0 radical (unpaired) electrons. The van der Waals surface area contributed by atoms with Crippen LogP contribution in [-0.4, -0.2) is 10.9 Å². The van der Waals surface area contributed by atoms with Crippen molar-refractivity contribution in [3.8, 4) is 0 Å². The lowest BCUT2D eigenvalue weighted by atomic mass is 10.3. The van der Waals surface area contributed by atoms with E-state index in [1.54, 1.807) is 0 Å². The Morgan fingerprint density at radius 3 is 2.70 bits per heavy atom. The molecule has 1 aromatic heterocycles. The van der Waals surface area contributed by atoms with Gasteiger partial charge < -0.3 is 10.7 Å². The Bertz CT molecular complexity index is 310. The first-order chi connectivity index (χ1) is 4.70. The van der Waals surface area contributed by atoms with Crippen molar-refractivity contribution in [2.75, 3.05) is 0 Å². The zero-order chi connectivity index (χ0) is 7.56. The van der Waals surface area contributed by atoms with Crippen LogP contribution in [0.3, 0.4) is 0 Å². The molecule has 0 unspecified atom stereocenters. The first-order valence-electron chi connectivity index (χ1n) is 2.69. The number of nitrogens with two attached hydrogens (primary N) is 1. The van der Waals surface area contributed by atoms with Gasteiger partial charge in [0.1, 0.15) is 5.69 Å². The van der Waals surface area contributed by atoms with Gasteiger partial charge in [-0.05, 0) is 6.07 Å². The molecule has 1 heterocycles. The molecule has 0 aliphatic carbocycles. The van der Waals surface area contributed by atoms with E-state index in [-0.39, 0.29) is 14.1 Å². The minimum absolute atomic E-state index is 0. The van der Waals surface area contributed by atoms with E-state index in [0.29, 0.717) is 0 Å². The SMILES string of the molecule is NC(=O)c1cccc(=O)[nH]1.[HH].[HH]. The third-order valence-electron chi connectivity index (χ3n) is 1.03. The maximum atomic E-state index is 10.5. The minimum Gasteiger partial charge on any atom is -0.364 e. The van der Waals surface area contributed by atoms with Crippen LogP contribution >= 0.6 is 0 Å². The van der Waals surface area contributed by atoms with Crippen LogP contribution < -0.4 is 11.3 Å². The van der Waals surface area contributed by atoms with Crippen LogP contribution in [0.5, 0.6) is 0 Å². The smallest absolute Gasteiger partial charge is 0.265 e. The molecule has 1 rings (SSSR count). The predicted octanol–water partition coefficient (Wildman–Crippen LogP) is -0.0342. The number of primary amides is 1. The number of H-pyrrole nitrogens is 1. The molecule has 56 valence electrons. The Morgan fingerprint density at radius 2 is 2.30 bits per heavy atom. The summed E-state index contributed by atoms with van der Waals surface area (Å²) in [6, 6.07) is 4.23. The van der Waals surface area contributed by atoms with Crippen molar-refractivity contribution >= 4 is 5.91 Å². The van der Waals surface area contributed by atoms with Gasteiger partial charge in [0.25, 0.3) is 5.91 Å². The van der Waals surface area contributed by atoms with E-state index < -0.39 is 5.91 Å². The summed E-state index contributed by atoms with van der Waals surface area (Å²) in [6.07, 6.45) is 0. The molecular formula is C6H10N2O2. The Balaban J connectivity index is 0. The van der Waals surface area contributed by atoms with Crippen molar-refractivity contribution in [2.24, 2.45) is 5.73 Å². The molecule has 0 aliphatic heterocycles. The standard InChI is InChI=1S/C6H6N2O2.2H2/c7-6(10)4-2-1-3-5(9)8-4;;/h1-3H,(H2,7,10)(H,8,9);2*1H. The van der Waals surface area contributed by atoms with Crippen LogP contribution in [0.4, 0.5) is 0 Å². The van der Waals surface area contributed by atoms with Crippen LogP contribution in [0.15, 0.2) is 23.0 Å². The molecule has 0 saturated heterocycles. The maximum absolute atomic E-state index is 10.5. The summed E-state index contributed by atoms with van der Waals surface area (Å²) >= 11 is 0. The number of carbonyl (C=O) groups is 1. The first-order valence-corrected chi connectivity index (χ1v) is 2.69. The molecular weight excluding hydrogens is 132 g/mol. The summed E-state index contributed by atoms with van der Waals surface area (Å²) < 4.78 is 0. The number of amides is 1. The lowest BCUT2D eigenvalue weighted by Crippen LogP contribution is -2.17. The summed E-state index contributed by atoms with van der Waals surface area (Å²) in [5.74, 6) is -0.627. The molecule has 0 fully saturated rings. The van der Waals surface area contributed by atoms with Crippen molar-refractivity contribution < 1.29 is 7.65 Å². The van der Waals surface area contributed by atoms with Gasteiger partial charge in [0.2, 0.25) is 5.56 Å². The number of aromatic amines is 1. The quantitative estimate of drug-likeness (QED) is 0.577. The molecule has 4 nitrogen and oxygen atoms in total. The van der Waals surface area contributed by atoms with Crippen molar-refractivity contribution in [2.45, 2.75) is 0 Å². The molecule has 1 amide bonds. The van der Waals surface area contributed by atoms with Crippen LogP contribution in [0.1, 0.15) is 13.3 Å². The second-order valence-electron chi connectivity index (χ2n) is 1.79. The lowest BCUT2D eigenvalue weighted by molar-refractivity contribution is 0.0995. The Labute approximate surface area is 59.6 Å². The molecule has 0 saturated carbocycles. The third kappa shape index (κ3) is 1.22. The fourth-order valence-corrected chi connectivity index (χ4v) is 0.592. The van der Waals surface area contributed by atoms with E-state index in [2.05, 4.69) is 4.98 Å². The van der Waals surface area contributed by atoms with Crippen LogP contribution in [0, 0.1) is 0 Å². The maximum Gasteiger partial charge on any atom is 0.265 e.